The van der Waals surface area contributed by atoms with Crippen LogP contribution in [0.2, 0.25) is 0 Å². The van der Waals surface area contributed by atoms with Gasteiger partial charge >= 0.3 is 0 Å². The Morgan fingerprint density at radius 3 is 2.63 bits per heavy atom. The summed E-state index contributed by atoms with van der Waals surface area (Å²) >= 11 is 5.85. The number of nitrogen functional groups attached to an aromatic ring is 1. The Kier molecular flexibility index (Phi) is 6.67. The molecule has 3 N–H and O–H groups in total. The maximum Gasteiger partial charge on any atom is 0.141 e. The largest absolute Gasteiger partial charge is 0.398 e. The average Bonchev–Trinajstić information content (AvgIpc) is 2.66. The van der Waals surface area contributed by atoms with Gasteiger partial charge in [-0.2, -0.15) is 0 Å². The standard InChI is InChI=1S/C23H29ClN6/c1-16(24)12-17(2)28-22-19-14-20(25)18(13-21(19)26-15-27-22)6-7-23(3,4)30-10-8-29(5)9-11-30/h12-15H,1,8-11,25H2,2-5H3,(H,26,27,28)/b17-12+. The molecule has 0 saturated carbocycles. The molecule has 6 nitrogen and oxygen atoms in total. The maximum absolute atomic E-state index is 6.34. The van der Waals surface area contributed by atoms with E-state index in [1.54, 1.807) is 6.08 Å². The van der Waals surface area contributed by atoms with Gasteiger partial charge in [0, 0.05) is 53.5 Å². The highest BCUT2D eigenvalue weighted by atomic mass is 35.5. The van der Waals surface area contributed by atoms with Gasteiger partial charge in [0.25, 0.3) is 0 Å². The van der Waals surface area contributed by atoms with Gasteiger partial charge in [-0.3, -0.25) is 4.90 Å². The van der Waals surface area contributed by atoms with Crippen LogP contribution >= 0.6 is 11.6 Å². The number of halogens is 1. The van der Waals surface area contributed by atoms with Crippen molar-refractivity contribution in [2.24, 2.45) is 0 Å². The van der Waals surface area contributed by atoms with Gasteiger partial charge in [0.05, 0.1) is 11.1 Å². The van der Waals surface area contributed by atoms with Gasteiger partial charge in [0.15, 0.2) is 0 Å². The number of nitrogens with one attached hydrogen (secondary N) is 1. The van der Waals surface area contributed by atoms with Crippen molar-refractivity contribution in [2.75, 3.05) is 44.3 Å². The maximum atomic E-state index is 6.34. The summed E-state index contributed by atoms with van der Waals surface area (Å²) in [4.78, 5) is 13.5. The number of fused-ring (bicyclic) bond motifs is 1. The molecule has 0 aliphatic carbocycles. The molecular weight excluding hydrogens is 396 g/mol. The molecule has 0 atom stereocenters. The number of nitrogens with zero attached hydrogens (tertiary/aromatic N) is 4. The van der Waals surface area contributed by atoms with Gasteiger partial charge in [-0.25, -0.2) is 9.97 Å². The van der Waals surface area contributed by atoms with Gasteiger partial charge in [0.1, 0.15) is 12.1 Å². The molecule has 30 heavy (non-hydrogen) atoms. The van der Waals surface area contributed by atoms with Crippen LogP contribution in [0.1, 0.15) is 26.3 Å². The second kappa shape index (κ2) is 9.05. The van der Waals surface area contributed by atoms with Crippen molar-refractivity contribution in [1.29, 1.82) is 0 Å². The van der Waals surface area contributed by atoms with Crippen molar-refractivity contribution in [1.82, 2.24) is 19.8 Å². The first-order valence-corrected chi connectivity index (χ1v) is 10.3. The van der Waals surface area contributed by atoms with Gasteiger partial charge in [-0.15, -0.1) is 0 Å². The fraction of sp³-hybridized carbons (Fsp3) is 0.391. The molecule has 1 aromatic carbocycles. The lowest BCUT2D eigenvalue weighted by Crippen LogP contribution is -2.53. The molecule has 0 spiro atoms. The van der Waals surface area contributed by atoms with Crippen molar-refractivity contribution < 1.29 is 0 Å². The Morgan fingerprint density at radius 2 is 1.97 bits per heavy atom. The summed E-state index contributed by atoms with van der Waals surface area (Å²) in [5.41, 5.74) is 9.09. The van der Waals surface area contributed by atoms with Crippen LogP contribution in [-0.4, -0.2) is 58.5 Å². The smallest absolute Gasteiger partial charge is 0.141 e. The molecule has 0 amide bonds. The lowest BCUT2D eigenvalue weighted by Gasteiger charge is -2.40. The van der Waals surface area contributed by atoms with E-state index in [1.807, 2.05) is 19.1 Å². The van der Waals surface area contributed by atoms with Crippen molar-refractivity contribution in [3.05, 3.63) is 47.4 Å². The molecular formula is C23H29ClN6. The molecule has 1 aliphatic heterocycles. The first-order chi connectivity index (χ1) is 14.2. The second-order valence-corrected chi connectivity index (χ2v) is 8.66. The van der Waals surface area contributed by atoms with E-state index >= 15 is 0 Å². The normalized spacial score (nSPS) is 16.2. The summed E-state index contributed by atoms with van der Waals surface area (Å²) in [5, 5.41) is 4.50. The Balaban J connectivity index is 1.89. The Bertz CT molecular complexity index is 1040. The number of hydrogen-bond acceptors (Lipinski definition) is 6. The molecule has 1 aromatic heterocycles. The number of anilines is 2. The predicted molar refractivity (Wildman–Crippen MR) is 126 cm³/mol. The third-order valence-electron chi connectivity index (χ3n) is 5.29. The summed E-state index contributed by atoms with van der Waals surface area (Å²) in [7, 11) is 2.15. The van der Waals surface area contributed by atoms with E-state index < -0.39 is 0 Å². The van der Waals surface area contributed by atoms with Gasteiger partial charge < -0.3 is 16.0 Å². The minimum atomic E-state index is -0.229. The molecule has 1 saturated heterocycles. The van der Waals surface area contributed by atoms with E-state index in [0.717, 1.165) is 48.3 Å². The fourth-order valence-corrected chi connectivity index (χ4v) is 3.61. The van der Waals surface area contributed by atoms with E-state index in [0.29, 0.717) is 16.5 Å². The number of likely N-dealkylation sites (N-methyl/N-ethyl adjacent to an activating group) is 1. The number of rotatable bonds is 4. The van der Waals surface area contributed by atoms with Crippen LogP contribution in [0.3, 0.4) is 0 Å². The molecule has 1 fully saturated rings. The quantitative estimate of drug-likeness (QED) is 0.443. The highest BCUT2D eigenvalue weighted by Crippen LogP contribution is 2.26. The van der Waals surface area contributed by atoms with E-state index in [4.69, 9.17) is 17.3 Å². The molecule has 0 radical (unpaired) electrons. The number of benzene rings is 1. The monoisotopic (exact) mass is 424 g/mol. The van der Waals surface area contributed by atoms with Crippen molar-refractivity contribution >= 4 is 34.0 Å². The number of aromatic nitrogens is 2. The molecule has 2 aromatic rings. The minimum absolute atomic E-state index is 0.229. The lowest BCUT2D eigenvalue weighted by atomic mass is 10.0. The van der Waals surface area contributed by atoms with Gasteiger partial charge in [0.2, 0.25) is 0 Å². The molecule has 0 bridgehead atoms. The SMILES string of the molecule is C=C(Cl)/C=C(\C)Nc1ncnc2cc(C#CC(C)(C)N3CCN(C)CC3)c(N)cc12. The number of piperazine rings is 1. The summed E-state index contributed by atoms with van der Waals surface area (Å²) in [6.45, 7) is 14.0. The van der Waals surface area contributed by atoms with Gasteiger partial charge in [-0.1, -0.05) is 30.0 Å². The van der Waals surface area contributed by atoms with Crippen LogP contribution in [0.5, 0.6) is 0 Å². The molecule has 158 valence electrons. The van der Waals surface area contributed by atoms with Crippen LogP contribution in [0.25, 0.3) is 10.9 Å². The second-order valence-electron chi connectivity index (χ2n) is 8.18. The number of hydrogen-bond donors (Lipinski definition) is 2. The van der Waals surface area contributed by atoms with Crippen LogP contribution < -0.4 is 11.1 Å². The van der Waals surface area contributed by atoms with Gasteiger partial charge in [-0.05, 0) is 46.0 Å². The Labute approximate surface area is 183 Å². The summed E-state index contributed by atoms with van der Waals surface area (Å²) < 4.78 is 0. The topological polar surface area (TPSA) is 70.3 Å². The molecule has 1 aliphatic rings. The summed E-state index contributed by atoms with van der Waals surface area (Å²) in [6.07, 6.45) is 3.26. The molecule has 2 heterocycles. The van der Waals surface area contributed by atoms with E-state index in [9.17, 15) is 0 Å². The zero-order valence-electron chi connectivity index (χ0n) is 18.1. The lowest BCUT2D eigenvalue weighted by molar-refractivity contribution is 0.0946. The highest BCUT2D eigenvalue weighted by molar-refractivity contribution is 6.30. The first-order valence-electron chi connectivity index (χ1n) is 9.96. The summed E-state index contributed by atoms with van der Waals surface area (Å²) in [6, 6.07) is 3.79. The van der Waals surface area contributed by atoms with Crippen molar-refractivity contribution in [3.63, 3.8) is 0 Å². The Morgan fingerprint density at radius 1 is 1.27 bits per heavy atom. The molecule has 0 unspecified atom stereocenters. The Hall–Kier alpha value is -2.59. The van der Waals surface area contributed by atoms with Crippen LogP contribution in [0.4, 0.5) is 11.5 Å². The summed E-state index contributed by atoms with van der Waals surface area (Å²) in [5.74, 6) is 7.37. The van der Waals surface area contributed by atoms with Crippen molar-refractivity contribution in [3.8, 4) is 11.8 Å². The third kappa shape index (κ3) is 5.31. The highest BCUT2D eigenvalue weighted by Gasteiger charge is 2.27. The minimum Gasteiger partial charge on any atom is -0.398 e. The molecule has 7 heteroatoms. The molecule has 3 rings (SSSR count). The first kappa shape index (κ1) is 22.1. The average molecular weight is 425 g/mol. The van der Waals surface area contributed by atoms with E-state index in [-0.39, 0.29) is 5.54 Å². The van der Waals surface area contributed by atoms with Crippen LogP contribution in [0, 0.1) is 11.8 Å². The fourth-order valence-electron chi connectivity index (χ4n) is 3.45. The third-order valence-corrected chi connectivity index (χ3v) is 5.40. The van der Waals surface area contributed by atoms with Crippen molar-refractivity contribution in [2.45, 2.75) is 26.3 Å². The van der Waals surface area contributed by atoms with E-state index in [1.165, 1.54) is 6.33 Å². The number of allylic oxidation sites excluding steroid dienone is 3. The zero-order valence-corrected chi connectivity index (χ0v) is 18.8. The van der Waals surface area contributed by atoms with Crippen LogP contribution in [0.15, 0.2) is 41.8 Å². The van der Waals surface area contributed by atoms with Crippen LogP contribution in [-0.2, 0) is 0 Å². The predicted octanol–water partition coefficient (Wildman–Crippen LogP) is 3.66. The number of nitrogens with two attached hydrogens (primary N) is 1. The van der Waals surface area contributed by atoms with E-state index in [2.05, 4.69) is 64.4 Å². The zero-order chi connectivity index (χ0) is 21.9.